The second kappa shape index (κ2) is 14.7. The van der Waals surface area contributed by atoms with Crippen LogP contribution in [0.15, 0.2) is 0 Å². The van der Waals surface area contributed by atoms with Crippen molar-refractivity contribution in [1.29, 1.82) is 0 Å². The van der Waals surface area contributed by atoms with E-state index in [0.717, 1.165) is 19.3 Å². The first-order valence-corrected chi connectivity index (χ1v) is 8.17. The van der Waals surface area contributed by atoms with E-state index in [2.05, 4.69) is 6.92 Å². The second-order valence-electron chi connectivity index (χ2n) is 6.99. The van der Waals surface area contributed by atoms with Gasteiger partial charge in [0.1, 0.15) is 0 Å². The zero-order valence-electron chi connectivity index (χ0n) is 14.1. The van der Waals surface area contributed by atoms with Gasteiger partial charge in [0.05, 0.1) is 0 Å². The molecule has 0 unspecified atom stereocenters. The number of rotatable bonds is 11. The van der Waals surface area contributed by atoms with Gasteiger partial charge >= 0.3 is 92.9 Å². The van der Waals surface area contributed by atoms with Crippen molar-refractivity contribution in [3.05, 3.63) is 0 Å². The van der Waals surface area contributed by atoms with Crippen LogP contribution in [-0.4, -0.2) is 103 Å². The summed E-state index contributed by atoms with van der Waals surface area (Å²) in [6.07, 6.45) is 8.95. The molecule has 0 spiro atoms. The Bertz CT molecular complexity index is 326. The first kappa shape index (κ1) is 29.3. The number of carboxylic acids is 2. The van der Waals surface area contributed by atoms with Crippen LogP contribution in [0.1, 0.15) is 85.5 Å². The fourth-order valence-electron chi connectivity index (χ4n) is 2.85. The Morgan fingerprint density at radius 3 is 1.43 bits per heavy atom. The molecule has 4 nitrogen and oxygen atoms in total. The fraction of sp³-hybridized carbons (Fsp3) is 0.882. The Balaban J connectivity index is -0.00000200. The SMILES string of the molecule is CCCCCCCCCCC(C(=O)O)(C(=O)O)C(C)(C)C.[KH].[NaH]. The summed E-state index contributed by atoms with van der Waals surface area (Å²) in [4.78, 5) is 23.1. The van der Waals surface area contributed by atoms with Gasteiger partial charge in [-0.1, -0.05) is 79.1 Å². The van der Waals surface area contributed by atoms with Crippen molar-refractivity contribution in [2.24, 2.45) is 10.8 Å². The van der Waals surface area contributed by atoms with Crippen molar-refractivity contribution in [3.8, 4) is 0 Å². The molecule has 0 saturated heterocycles. The van der Waals surface area contributed by atoms with Gasteiger partial charge < -0.3 is 10.2 Å². The van der Waals surface area contributed by atoms with Gasteiger partial charge in [0.15, 0.2) is 5.41 Å². The Hall–Kier alpha value is 1.58. The molecular weight excluding hydrogens is 330 g/mol. The van der Waals surface area contributed by atoms with Crippen LogP contribution in [0.5, 0.6) is 0 Å². The topological polar surface area (TPSA) is 74.6 Å². The summed E-state index contributed by atoms with van der Waals surface area (Å²) in [6, 6.07) is 0. The third-order valence-corrected chi connectivity index (χ3v) is 4.42. The first-order chi connectivity index (χ1) is 9.70. The number of carbonyl (C=O) groups is 2. The van der Waals surface area contributed by atoms with E-state index >= 15 is 0 Å². The van der Waals surface area contributed by atoms with E-state index in [-0.39, 0.29) is 87.4 Å². The maximum atomic E-state index is 11.6. The van der Waals surface area contributed by atoms with Gasteiger partial charge in [-0.2, -0.15) is 0 Å². The van der Waals surface area contributed by atoms with Gasteiger partial charge in [-0.05, 0) is 11.8 Å². The van der Waals surface area contributed by atoms with Crippen molar-refractivity contribution in [2.75, 3.05) is 0 Å². The Morgan fingerprint density at radius 1 is 0.783 bits per heavy atom. The molecule has 2 N–H and O–H groups in total. The van der Waals surface area contributed by atoms with E-state index in [4.69, 9.17) is 0 Å². The number of carboxylic acid groups (broad SMARTS) is 2. The van der Waals surface area contributed by atoms with Gasteiger partial charge in [0.25, 0.3) is 0 Å². The van der Waals surface area contributed by atoms with E-state index in [1.54, 1.807) is 20.8 Å². The third-order valence-electron chi connectivity index (χ3n) is 4.42. The normalized spacial score (nSPS) is 11.3. The van der Waals surface area contributed by atoms with Crippen molar-refractivity contribution < 1.29 is 19.8 Å². The number of hydrogen-bond donors (Lipinski definition) is 2. The van der Waals surface area contributed by atoms with Crippen LogP contribution in [0, 0.1) is 10.8 Å². The Kier molecular flexibility index (Phi) is 18.8. The molecule has 0 aromatic heterocycles. The predicted molar refractivity (Wildman–Crippen MR) is 98.7 cm³/mol. The summed E-state index contributed by atoms with van der Waals surface area (Å²) in [5, 5.41) is 18.9. The molecule has 0 saturated carbocycles. The second-order valence-corrected chi connectivity index (χ2v) is 6.99. The quantitative estimate of drug-likeness (QED) is 0.335. The zero-order valence-corrected chi connectivity index (χ0v) is 14.1. The molecule has 0 aliphatic rings. The van der Waals surface area contributed by atoms with Gasteiger partial charge in [-0.15, -0.1) is 0 Å². The van der Waals surface area contributed by atoms with Crippen LogP contribution in [0.3, 0.4) is 0 Å². The van der Waals surface area contributed by atoms with Crippen LogP contribution in [-0.2, 0) is 9.59 Å². The Labute approximate surface area is 206 Å². The molecule has 0 atom stereocenters. The molecule has 0 aliphatic heterocycles. The Morgan fingerprint density at radius 2 is 1.13 bits per heavy atom. The van der Waals surface area contributed by atoms with Crippen molar-refractivity contribution >= 4 is 92.9 Å². The van der Waals surface area contributed by atoms with Gasteiger partial charge in [0.2, 0.25) is 0 Å². The van der Waals surface area contributed by atoms with E-state index in [9.17, 15) is 19.8 Å². The molecular formula is C17H34KNaO4. The number of aliphatic carboxylic acids is 2. The predicted octanol–water partition coefficient (Wildman–Crippen LogP) is 3.42. The summed E-state index contributed by atoms with van der Waals surface area (Å²) in [5.74, 6) is -2.43. The van der Waals surface area contributed by atoms with Gasteiger partial charge in [0, 0.05) is 0 Å². The summed E-state index contributed by atoms with van der Waals surface area (Å²) in [6.45, 7) is 7.27. The maximum absolute atomic E-state index is 11.6. The molecule has 0 aromatic carbocycles. The average molecular weight is 365 g/mol. The van der Waals surface area contributed by atoms with Crippen LogP contribution in [0.4, 0.5) is 0 Å². The van der Waals surface area contributed by atoms with Crippen LogP contribution in [0.2, 0.25) is 0 Å². The molecule has 0 amide bonds. The van der Waals surface area contributed by atoms with Crippen LogP contribution >= 0.6 is 0 Å². The van der Waals surface area contributed by atoms with Crippen LogP contribution in [0.25, 0.3) is 0 Å². The summed E-state index contributed by atoms with van der Waals surface area (Å²) < 4.78 is 0. The number of unbranched alkanes of at least 4 members (excludes halogenated alkanes) is 7. The van der Waals surface area contributed by atoms with Crippen molar-refractivity contribution in [2.45, 2.75) is 85.5 Å². The monoisotopic (exact) mass is 364 g/mol. The molecule has 0 aliphatic carbocycles. The average Bonchev–Trinajstić information content (AvgIpc) is 2.34. The molecule has 0 aromatic rings. The molecule has 0 fully saturated rings. The minimum absolute atomic E-state index is 0. The van der Waals surface area contributed by atoms with Crippen molar-refractivity contribution in [3.63, 3.8) is 0 Å². The summed E-state index contributed by atoms with van der Waals surface area (Å²) in [7, 11) is 0. The minimum atomic E-state index is -1.69. The summed E-state index contributed by atoms with van der Waals surface area (Å²) in [5.41, 5.74) is -2.49. The molecule has 128 valence electrons. The third kappa shape index (κ3) is 9.74. The van der Waals surface area contributed by atoms with Crippen molar-refractivity contribution in [1.82, 2.24) is 0 Å². The van der Waals surface area contributed by atoms with E-state index in [0.29, 0.717) is 6.42 Å². The first-order valence-electron chi connectivity index (χ1n) is 8.17. The van der Waals surface area contributed by atoms with Gasteiger partial charge in [-0.3, -0.25) is 9.59 Å². The molecule has 23 heavy (non-hydrogen) atoms. The number of hydrogen-bond acceptors (Lipinski definition) is 2. The molecule has 0 radical (unpaired) electrons. The summed E-state index contributed by atoms with van der Waals surface area (Å²) >= 11 is 0. The molecule has 0 bridgehead atoms. The fourth-order valence-corrected chi connectivity index (χ4v) is 2.85. The molecule has 0 rings (SSSR count). The van der Waals surface area contributed by atoms with Gasteiger partial charge in [-0.25, -0.2) is 0 Å². The molecule has 6 heteroatoms. The standard InChI is InChI=1S/C17H32O4.K.Na.2H/c1-5-6-7-8-9-10-11-12-13-17(14(18)19,15(20)21)16(2,3)4;;;;/h5-13H2,1-4H3,(H,18,19)(H,20,21);;;;. The zero-order chi connectivity index (χ0) is 16.5. The van der Waals surface area contributed by atoms with E-state index in [1.807, 2.05) is 0 Å². The molecule has 0 heterocycles. The van der Waals surface area contributed by atoms with Crippen LogP contribution < -0.4 is 0 Å². The van der Waals surface area contributed by atoms with E-state index in [1.165, 1.54) is 25.7 Å². The van der Waals surface area contributed by atoms with E-state index < -0.39 is 22.8 Å².